The Kier molecular flexibility index (Phi) is 7.24. The largest absolute Gasteiger partial charge is 0.482 e. The Balaban J connectivity index is 1.46. The van der Waals surface area contributed by atoms with Crippen LogP contribution in [0.5, 0.6) is 11.5 Å². The molecule has 1 N–H and O–H groups in total. The van der Waals surface area contributed by atoms with Gasteiger partial charge in [0.1, 0.15) is 16.4 Å². The Labute approximate surface area is 180 Å². The van der Waals surface area contributed by atoms with E-state index >= 15 is 0 Å². The van der Waals surface area contributed by atoms with Gasteiger partial charge in [-0.3, -0.25) is 4.79 Å². The van der Waals surface area contributed by atoms with Gasteiger partial charge in [-0.1, -0.05) is 29.3 Å². The van der Waals surface area contributed by atoms with E-state index in [1.54, 1.807) is 53.9 Å². The summed E-state index contributed by atoms with van der Waals surface area (Å²) < 4.78 is 10.6. The lowest BCUT2D eigenvalue weighted by Crippen LogP contribution is -2.24. The minimum atomic E-state index is -0.450. The summed E-state index contributed by atoms with van der Waals surface area (Å²) >= 11 is 13.1. The third kappa shape index (κ3) is 6.32. The van der Waals surface area contributed by atoms with Crippen molar-refractivity contribution in [3.8, 4) is 11.5 Å². The van der Waals surface area contributed by atoms with Crippen molar-refractivity contribution in [2.75, 3.05) is 6.61 Å². The average Bonchev–Trinajstić information content (AvgIpc) is 3.24. The van der Waals surface area contributed by atoms with Crippen molar-refractivity contribution in [1.29, 1.82) is 0 Å². The first kappa shape index (κ1) is 20.9. The van der Waals surface area contributed by atoms with Crippen LogP contribution in [-0.4, -0.2) is 24.7 Å². The van der Waals surface area contributed by atoms with E-state index in [0.717, 1.165) is 0 Å². The van der Waals surface area contributed by atoms with Crippen LogP contribution in [0.3, 0.4) is 0 Å². The Hall–Kier alpha value is -2.87. The van der Waals surface area contributed by atoms with Gasteiger partial charge < -0.3 is 9.47 Å². The zero-order valence-corrected chi connectivity index (χ0v) is 17.1. The van der Waals surface area contributed by atoms with Crippen LogP contribution < -0.4 is 14.9 Å². The van der Waals surface area contributed by atoms with Crippen LogP contribution in [0.2, 0.25) is 10.0 Å². The predicted molar refractivity (Wildman–Crippen MR) is 113 cm³/mol. The van der Waals surface area contributed by atoms with E-state index < -0.39 is 11.9 Å². The highest BCUT2D eigenvalue weighted by Crippen LogP contribution is 2.27. The Morgan fingerprint density at radius 3 is 2.59 bits per heavy atom. The van der Waals surface area contributed by atoms with E-state index in [2.05, 4.69) is 10.5 Å². The van der Waals surface area contributed by atoms with Gasteiger partial charge in [-0.15, -0.1) is 11.3 Å². The molecule has 1 amide bonds. The van der Waals surface area contributed by atoms with Crippen molar-refractivity contribution in [3.63, 3.8) is 0 Å². The molecule has 148 valence electrons. The smallest absolute Gasteiger partial charge is 0.353 e. The molecule has 0 atom stereocenters. The average molecular weight is 449 g/mol. The molecule has 0 aliphatic rings. The molecule has 0 spiro atoms. The second-order valence-electron chi connectivity index (χ2n) is 5.59. The van der Waals surface area contributed by atoms with Crippen molar-refractivity contribution in [2.24, 2.45) is 5.10 Å². The molecule has 0 bridgehead atoms. The van der Waals surface area contributed by atoms with Crippen LogP contribution in [0.4, 0.5) is 0 Å². The molecule has 1 aromatic heterocycles. The number of halogens is 2. The number of nitrogens with one attached hydrogen (secondary N) is 1. The minimum Gasteiger partial charge on any atom is -0.482 e. The second kappa shape index (κ2) is 10.1. The molecule has 3 rings (SSSR count). The molecule has 3 aromatic rings. The number of benzene rings is 2. The van der Waals surface area contributed by atoms with Crippen molar-refractivity contribution in [3.05, 3.63) is 80.5 Å². The molecule has 1 heterocycles. The lowest BCUT2D eigenvalue weighted by Gasteiger charge is -2.07. The Bertz CT molecular complexity index is 1020. The molecule has 0 saturated carbocycles. The first-order valence-electron chi connectivity index (χ1n) is 8.27. The maximum absolute atomic E-state index is 11.9. The summed E-state index contributed by atoms with van der Waals surface area (Å²) in [6.07, 6.45) is 1.46. The van der Waals surface area contributed by atoms with Crippen molar-refractivity contribution in [1.82, 2.24) is 5.43 Å². The van der Waals surface area contributed by atoms with Crippen molar-refractivity contribution in [2.45, 2.75) is 0 Å². The maximum atomic E-state index is 11.9. The SMILES string of the molecule is O=C(COc1ccc(Cl)cc1Cl)N/N=C\c1ccc(OC(=O)c2cccs2)cc1. The zero-order valence-electron chi connectivity index (χ0n) is 14.8. The van der Waals surface area contributed by atoms with E-state index in [4.69, 9.17) is 32.7 Å². The van der Waals surface area contributed by atoms with Crippen LogP contribution in [0.25, 0.3) is 0 Å². The summed E-state index contributed by atoms with van der Waals surface area (Å²) in [7, 11) is 0. The number of thiophene rings is 1. The lowest BCUT2D eigenvalue weighted by atomic mass is 10.2. The Morgan fingerprint density at radius 2 is 1.90 bits per heavy atom. The van der Waals surface area contributed by atoms with Gasteiger partial charge in [-0.25, -0.2) is 10.2 Å². The summed E-state index contributed by atoms with van der Waals surface area (Å²) in [5.74, 6) is -0.0936. The lowest BCUT2D eigenvalue weighted by molar-refractivity contribution is -0.123. The molecule has 9 heteroatoms. The molecule has 2 aromatic carbocycles. The molecule has 0 unspecified atom stereocenters. The fourth-order valence-corrected chi connectivity index (χ4v) is 3.18. The van der Waals surface area contributed by atoms with Crippen LogP contribution in [0.1, 0.15) is 15.2 Å². The number of hydrazone groups is 1. The quantitative estimate of drug-likeness (QED) is 0.243. The standard InChI is InChI=1S/C20H14Cl2N2O4S/c21-14-5-8-17(16(22)10-14)27-12-19(25)24-23-11-13-3-6-15(7-4-13)28-20(26)18-2-1-9-29-18/h1-11H,12H2,(H,24,25)/b23-11-. The van der Waals surface area contributed by atoms with Gasteiger partial charge in [0.05, 0.1) is 11.2 Å². The van der Waals surface area contributed by atoms with Gasteiger partial charge in [-0.2, -0.15) is 5.10 Å². The van der Waals surface area contributed by atoms with Crippen LogP contribution in [-0.2, 0) is 4.79 Å². The number of hydrogen-bond donors (Lipinski definition) is 1. The van der Waals surface area contributed by atoms with Crippen LogP contribution in [0.15, 0.2) is 65.1 Å². The molecule has 29 heavy (non-hydrogen) atoms. The van der Waals surface area contributed by atoms with Gasteiger partial charge in [0.15, 0.2) is 6.61 Å². The first-order chi connectivity index (χ1) is 14.0. The Morgan fingerprint density at radius 1 is 1.10 bits per heavy atom. The molecule has 0 aliphatic carbocycles. The molecule has 6 nitrogen and oxygen atoms in total. The first-order valence-corrected chi connectivity index (χ1v) is 9.90. The molecule has 0 aliphatic heterocycles. The van der Waals surface area contributed by atoms with E-state index in [1.807, 2.05) is 0 Å². The summed E-state index contributed by atoms with van der Waals surface area (Å²) in [5, 5.41) is 6.45. The topological polar surface area (TPSA) is 77.0 Å². The number of ether oxygens (including phenoxy) is 2. The molecule has 0 fully saturated rings. The monoisotopic (exact) mass is 448 g/mol. The van der Waals surface area contributed by atoms with E-state index in [0.29, 0.717) is 32.0 Å². The number of hydrogen-bond acceptors (Lipinski definition) is 6. The van der Waals surface area contributed by atoms with E-state index in [9.17, 15) is 9.59 Å². The van der Waals surface area contributed by atoms with Crippen LogP contribution in [0, 0.1) is 0 Å². The van der Waals surface area contributed by atoms with Gasteiger partial charge in [-0.05, 0) is 59.5 Å². The van der Waals surface area contributed by atoms with Gasteiger partial charge >= 0.3 is 5.97 Å². The summed E-state index contributed by atoms with van der Waals surface area (Å²) in [4.78, 5) is 24.2. The normalized spacial score (nSPS) is 10.7. The number of nitrogens with zero attached hydrogens (tertiary/aromatic N) is 1. The summed E-state index contributed by atoms with van der Waals surface area (Å²) in [5.41, 5.74) is 3.06. The molecular formula is C20H14Cl2N2O4S. The number of carbonyl (C=O) groups excluding carboxylic acids is 2. The van der Waals surface area contributed by atoms with Gasteiger partial charge in [0, 0.05) is 5.02 Å². The minimum absolute atomic E-state index is 0.254. The fourth-order valence-electron chi connectivity index (χ4n) is 2.12. The van der Waals surface area contributed by atoms with Crippen molar-refractivity contribution >= 4 is 52.6 Å². The second-order valence-corrected chi connectivity index (χ2v) is 7.38. The maximum Gasteiger partial charge on any atom is 0.353 e. The molecule has 0 saturated heterocycles. The highest BCUT2D eigenvalue weighted by atomic mass is 35.5. The summed E-state index contributed by atoms with van der Waals surface area (Å²) in [6, 6.07) is 14.9. The summed E-state index contributed by atoms with van der Waals surface area (Å²) in [6.45, 7) is -0.254. The van der Waals surface area contributed by atoms with Gasteiger partial charge in [0.2, 0.25) is 0 Å². The zero-order chi connectivity index (χ0) is 20.6. The highest BCUT2D eigenvalue weighted by Gasteiger charge is 2.09. The van der Waals surface area contributed by atoms with E-state index in [1.165, 1.54) is 23.6 Å². The molecule has 0 radical (unpaired) electrons. The van der Waals surface area contributed by atoms with Crippen molar-refractivity contribution < 1.29 is 19.1 Å². The number of rotatable bonds is 7. The highest BCUT2D eigenvalue weighted by molar-refractivity contribution is 7.12. The third-order valence-corrected chi connectivity index (χ3v) is 4.85. The van der Waals surface area contributed by atoms with Gasteiger partial charge in [0.25, 0.3) is 5.91 Å². The number of amides is 1. The van der Waals surface area contributed by atoms with E-state index in [-0.39, 0.29) is 6.61 Å². The number of esters is 1. The number of carbonyl (C=O) groups is 2. The molecular weight excluding hydrogens is 435 g/mol. The fraction of sp³-hybridized carbons (Fsp3) is 0.0500. The third-order valence-electron chi connectivity index (χ3n) is 3.47. The predicted octanol–water partition coefficient (Wildman–Crippen LogP) is 4.80. The van der Waals surface area contributed by atoms with Crippen LogP contribution >= 0.6 is 34.5 Å².